The molecule has 4 aromatic rings. The highest BCUT2D eigenvalue weighted by Crippen LogP contribution is 2.25. The number of nitrogens with zero attached hydrogens (tertiary/aromatic N) is 2. The molecule has 0 aliphatic rings. The molecule has 5 nitrogen and oxygen atoms in total. The van der Waals surface area contributed by atoms with Crippen molar-refractivity contribution < 1.29 is 9.21 Å². The van der Waals surface area contributed by atoms with Crippen LogP contribution in [0, 0.1) is 6.92 Å². The maximum Gasteiger partial charge on any atom is 0.291 e. The zero-order valence-corrected chi connectivity index (χ0v) is 13.6. The highest BCUT2D eigenvalue weighted by atomic mass is 16.3. The van der Waals surface area contributed by atoms with Gasteiger partial charge in [0.25, 0.3) is 5.91 Å². The Labute approximate surface area is 144 Å². The molecule has 0 bridgehead atoms. The Morgan fingerprint density at radius 2 is 1.88 bits per heavy atom. The van der Waals surface area contributed by atoms with Gasteiger partial charge < -0.3 is 9.73 Å². The smallest absolute Gasteiger partial charge is 0.291 e. The number of furan rings is 1. The molecule has 25 heavy (non-hydrogen) atoms. The lowest BCUT2D eigenvalue weighted by Gasteiger charge is -2.10. The van der Waals surface area contributed by atoms with Crippen LogP contribution >= 0.6 is 0 Å². The summed E-state index contributed by atoms with van der Waals surface area (Å²) in [6.45, 7) is 1.94. The van der Waals surface area contributed by atoms with E-state index in [2.05, 4.69) is 15.3 Å². The van der Waals surface area contributed by atoms with E-state index in [9.17, 15) is 4.79 Å². The maximum atomic E-state index is 12.2. The second-order valence-electron chi connectivity index (χ2n) is 5.71. The Hall–Kier alpha value is -3.47. The van der Waals surface area contributed by atoms with Crippen LogP contribution in [0.15, 0.2) is 71.5 Å². The summed E-state index contributed by atoms with van der Waals surface area (Å²) >= 11 is 0. The number of nitrogens with one attached hydrogen (secondary N) is 1. The third-order valence-corrected chi connectivity index (χ3v) is 3.98. The van der Waals surface area contributed by atoms with Crippen molar-refractivity contribution in [2.75, 3.05) is 5.32 Å². The first-order chi connectivity index (χ1) is 12.2. The molecule has 1 N–H and O–H groups in total. The number of aromatic nitrogens is 2. The summed E-state index contributed by atoms with van der Waals surface area (Å²) < 4.78 is 5.14. The van der Waals surface area contributed by atoms with E-state index in [1.807, 2.05) is 49.4 Å². The molecular formula is C20H15N3O2. The van der Waals surface area contributed by atoms with Crippen molar-refractivity contribution in [3.05, 3.63) is 78.4 Å². The Morgan fingerprint density at radius 1 is 1.04 bits per heavy atom. The normalized spacial score (nSPS) is 10.8. The van der Waals surface area contributed by atoms with E-state index in [0.717, 1.165) is 27.9 Å². The number of amides is 1. The molecule has 0 unspecified atom stereocenters. The SMILES string of the molecule is Cc1ccc(-c2cnc3ccccc3n2)cc1NC(=O)c1ccco1. The van der Waals surface area contributed by atoms with Crippen LogP contribution in [0.25, 0.3) is 22.3 Å². The molecule has 0 aliphatic carbocycles. The first-order valence-corrected chi connectivity index (χ1v) is 7.88. The number of carbonyl (C=O) groups excluding carboxylic acids is 1. The average Bonchev–Trinajstić information content (AvgIpc) is 3.18. The minimum atomic E-state index is -0.283. The second kappa shape index (κ2) is 6.20. The van der Waals surface area contributed by atoms with E-state index in [0.29, 0.717) is 5.69 Å². The molecule has 2 heterocycles. The van der Waals surface area contributed by atoms with Gasteiger partial charge in [0.15, 0.2) is 5.76 Å². The third-order valence-electron chi connectivity index (χ3n) is 3.98. The molecule has 0 aliphatic heterocycles. The number of aryl methyl sites for hydroxylation is 1. The van der Waals surface area contributed by atoms with Crippen molar-refractivity contribution in [1.82, 2.24) is 9.97 Å². The van der Waals surface area contributed by atoms with Crippen molar-refractivity contribution >= 4 is 22.6 Å². The summed E-state index contributed by atoms with van der Waals surface area (Å²) in [4.78, 5) is 21.3. The van der Waals surface area contributed by atoms with Crippen molar-refractivity contribution in [3.8, 4) is 11.3 Å². The topological polar surface area (TPSA) is 68.0 Å². The summed E-state index contributed by atoms with van der Waals surface area (Å²) in [6, 6.07) is 16.9. The van der Waals surface area contributed by atoms with Gasteiger partial charge in [0, 0.05) is 11.3 Å². The van der Waals surface area contributed by atoms with Gasteiger partial charge in [-0.1, -0.05) is 24.3 Å². The van der Waals surface area contributed by atoms with Gasteiger partial charge in [-0.05, 0) is 42.8 Å². The number of hydrogen-bond donors (Lipinski definition) is 1. The van der Waals surface area contributed by atoms with Gasteiger partial charge in [0.1, 0.15) is 0 Å². The van der Waals surface area contributed by atoms with Gasteiger partial charge in [-0.25, -0.2) is 4.98 Å². The van der Waals surface area contributed by atoms with Gasteiger partial charge in [-0.15, -0.1) is 0 Å². The molecule has 2 aromatic heterocycles. The molecule has 0 fully saturated rings. The Kier molecular flexibility index (Phi) is 3.74. The summed E-state index contributed by atoms with van der Waals surface area (Å²) in [5.74, 6) is -0.00912. The van der Waals surface area contributed by atoms with Crippen LogP contribution in [0.2, 0.25) is 0 Å². The quantitative estimate of drug-likeness (QED) is 0.603. The van der Waals surface area contributed by atoms with Crippen molar-refractivity contribution in [1.29, 1.82) is 0 Å². The summed E-state index contributed by atoms with van der Waals surface area (Å²) in [7, 11) is 0. The van der Waals surface area contributed by atoms with E-state index in [4.69, 9.17) is 4.42 Å². The molecule has 0 saturated heterocycles. The predicted octanol–water partition coefficient (Wildman–Crippen LogP) is 4.45. The van der Waals surface area contributed by atoms with E-state index < -0.39 is 0 Å². The van der Waals surface area contributed by atoms with Crippen LogP contribution < -0.4 is 5.32 Å². The van der Waals surface area contributed by atoms with Gasteiger partial charge in [-0.3, -0.25) is 9.78 Å². The Bertz CT molecular complexity index is 1060. The van der Waals surface area contributed by atoms with Crippen molar-refractivity contribution in [2.45, 2.75) is 6.92 Å². The molecule has 122 valence electrons. The van der Waals surface area contributed by atoms with Crippen LogP contribution in [0.5, 0.6) is 0 Å². The molecule has 0 radical (unpaired) electrons. The Balaban J connectivity index is 1.69. The predicted molar refractivity (Wildman–Crippen MR) is 96.4 cm³/mol. The first kappa shape index (κ1) is 15.1. The van der Waals surface area contributed by atoms with Crippen LogP contribution in [-0.4, -0.2) is 15.9 Å². The fourth-order valence-corrected chi connectivity index (χ4v) is 2.60. The second-order valence-corrected chi connectivity index (χ2v) is 5.71. The average molecular weight is 329 g/mol. The lowest BCUT2D eigenvalue weighted by molar-refractivity contribution is 0.0996. The summed E-state index contributed by atoms with van der Waals surface area (Å²) in [5.41, 5.74) is 5.00. The lowest BCUT2D eigenvalue weighted by atomic mass is 10.1. The fourth-order valence-electron chi connectivity index (χ4n) is 2.60. The number of benzene rings is 2. The molecular weight excluding hydrogens is 314 g/mol. The highest BCUT2D eigenvalue weighted by Gasteiger charge is 2.12. The molecule has 2 aromatic carbocycles. The zero-order chi connectivity index (χ0) is 17.2. The minimum Gasteiger partial charge on any atom is -0.459 e. The van der Waals surface area contributed by atoms with E-state index in [1.54, 1.807) is 18.3 Å². The number of fused-ring (bicyclic) bond motifs is 1. The van der Waals surface area contributed by atoms with E-state index >= 15 is 0 Å². The zero-order valence-electron chi connectivity index (χ0n) is 13.6. The van der Waals surface area contributed by atoms with Gasteiger partial charge in [0.05, 0.1) is 29.2 Å². The largest absolute Gasteiger partial charge is 0.459 e. The van der Waals surface area contributed by atoms with Crippen LogP contribution in [0.4, 0.5) is 5.69 Å². The molecule has 5 heteroatoms. The molecule has 4 rings (SSSR count). The molecule has 0 saturated carbocycles. The molecule has 0 spiro atoms. The minimum absolute atomic E-state index is 0.273. The van der Waals surface area contributed by atoms with Gasteiger partial charge in [0.2, 0.25) is 0 Å². The summed E-state index contributed by atoms with van der Waals surface area (Å²) in [6.07, 6.45) is 3.22. The molecule has 1 amide bonds. The standard InChI is InChI=1S/C20H15N3O2/c1-13-8-9-14(11-17(13)23-20(24)19-7-4-10-25-19)18-12-21-15-5-2-3-6-16(15)22-18/h2-12H,1H3,(H,23,24). The summed E-state index contributed by atoms with van der Waals surface area (Å²) in [5, 5.41) is 2.88. The van der Waals surface area contributed by atoms with Crippen LogP contribution in [0.3, 0.4) is 0 Å². The van der Waals surface area contributed by atoms with Crippen molar-refractivity contribution in [2.24, 2.45) is 0 Å². The number of carbonyl (C=O) groups is 1. The number of anilines is 1. The van der Waals surface area contributed by atoms with Gasteiger partial charge in [-0.2, -0.15) is 0 Å². The third kappa shape index (κ3) is 2.99. The van der Waals surface area contributed by atoms with Crippen LogP contribution in [-0.2, 0) is 0 Å². The van der Waals surface area contributed by atoms with Crippen molar-refractivity contribution in [3.63, 3.8) is 0 Å². The van der Waals surface area contributed by atoms with E-state index in [-0.39, 0.29) is 11.7 Å². The van der Waals surface area contributed by atoms with E-state index in [1.165, 1.54) is 6.26 Å². The maximum absolute atomic E-state index is 12.2. The lowest BCUT2D eigenvalue weighted by Crippen LogP contribution is -2.11. The van der Waals surface area contributed by atoms with Crippen LogP contribution in [0.1, 0.15) is 16.1 Å². The highest BCUT2D eigenvalue weighted by molar-refractivity contribution is 6.03. The van der Waals surface area contributed by atoms with Gasteiger partial charge >= 0.3 is 0 Å². The monoisotopic (exact) mass is 329 g/mol. The number of hydrogen-bond acceptors (Lipinski definition) is 4. The number of rotatable bonds is 3. The fraction of sp³-hybridized carbons (Fsp3) is 0.0500. The first-order valence-electron chi connectivity index (χ1n) is 7.88. The number of para-hydroxylation sites is 2. The Morgan fingerprint density at radius 3 is 2.68 bits per heavy atom. The molecule has 0 atom stereocenters.